The van der Waals surface area contributed by atoms with Crippen molar-refractivity contribution in [3.8, 4) is 0 Å². The van der Waals surface area contributed by atoms with Crippen LogP contribution in [0, 0.1) is 0 Å². The smallest absolute Gasteiger partial charge is 0.0419 e. The number of hydrogen-bond donors (Lipinski definition) is 1. The summed E-state index contributed by atoms with van der Waals surface area (Å²) in [5, 5.41) is 3.50. The van der Waals surface area contributed by atoms with Crippen molar-refractivity contribution in [2.75, 3.05) is 18.9 Å². The van der Waals surface area contributed by atoms with E-state index in [1.54, 1.807) is 0 Å². The molecule has 3 rings (SSSR count). The van der Waals surface area contributed by atoms with E-state index in [0.29, 0.717) is 0 Å². The molecule has 1 N–H and O–H groups in total. The van der Waals surface area contributed by atoms with Crippen LogP contribution in [0.4, 0.5) is 5.69 Å². The highest BCUT2D eigenvalue weighted by Crippen LogP contribution is 2.27. The van der Waals surface area contributed by atoms with Crippen molar-refractivity contribution >= 4 is 18.1 Å². The first-order valence-electron chi connectivity index (χ1n) is 6.75. The Morgan fingerprint density at radius 3 is 2.90 bits per heavy atom. The Labute approximate surface area is 126 Å². The molecule has 1 aliphatic heterocycles. The van der Waals surface area contributed by atoms with Crippen molar-refractivity contribution in [1.82, 2.24) is 9.88 Å². The van der Waals surface area contributed by atoms with E-state index < -0.39 is 0 Å². The van der Waals surface area contributed by atoms with Crippen LogP contribution in [-0.2, 0) is 19.5 Å². The van der Waals surface area contributed by atoms with Crippen LogP contribution in [-0.4, -0.2) is 23.5 Å². The normalized spacial score (nSPS) is 12.7. The van der Waals surface area contributed by atoms with E-state index in [4.69, 9.17) is 0 Å². The predicted molar refractivity (Wildman–Crippen MR) is 85.3 cm³/mol. The van der Waals surface area contributed by atoms with Gasteiger partial charge in [-0.15, -0.1) is 12.4 Å². The van der Waals surface area contributed by atoms with E-state index in [-0.39, 0.29) is 12.4 Å². The molecule has 2 heterocycles. The number of pyridine rings is 1. The van der Waals surface area contributed by atoms with Gasteiger partial charge in [-0.2, -0.15) is 0 Å². The molecule has 0 radical (unpaired) electrons. The van der Waals surface area contributed by atoms with Crippen LogP contribution in [0.2, 0.25) is 0 Å². The molecule has 3 nitrogen and oxygen atoms in total. The van der Waals surface area contributed by atoms with Gasteiger partial charge < -0.3 is 5.32 Å². The zero-order valence-corrected chi connectivity index (χ0v) is 12.5. The Morgan fingerprint density at radius 1 is 1.20 bits per heavy atom. The van der Waals surface area contributed by atoms with Crippen LogP contribution in [0.15, 0.2) is 42.7 Å². The zero-order chi connectivity index (χ0) is 13.1. The van der Waals surface area contributed by atoms with Crippen LogP contribution < -0.4 is 5.32 Å². The average molecular weight is 290 g/mol. The summed E-state index contributed by atoms with van der Waals surface area (Å²) in [5.74, 6) is 0. The summed E-state index contributed by atoms with van der Waals surface area (Å²) < 4.78 is 0. The van der Waals surface area contributed by atoms with Crippen molar-refractivity contribution in [2.45, 2.75) is 19.5 Å². The minimum Gasteiger partial charge on any atom is -0.384 e. The van der Waals surface area contributed by atoms with Crippen molar-refractivity contribution in [1.29, 1.82) is 0 Å². The fourth-order valence-corrected chi connectivity index (χ4v) is 2.69. The number of fused-ring (bicyclic) bond motifs is 1. The SMILES string of the molecule is CN(Cc1cccnc1)Cc1cccc2c1NCC2.Cl. The second-order valence-electron chi connectivity index (χ2n) is 5.16. The molecule has 1 aromatic heterocycles. The van der Waals surface area contributed by atoms with Gasteiger partial charge in [0, 0.05) is 37.7 Å². The van der Waals surface area contributed by atoms with E-state index in [1.807, 2.05) is 18.5 Å². The summed E-state index contributed by atoms with van der Waals surface area (Å²) in [6.45, 7) is 2.96. The lowest BCUT2D eigenvalue weighted by Gasteiger charge is -2.18. The molecule has 106 valence electrons. The van der Waals surface area contributed by atoms with Gasteiger partial charge in [0.05, 0.1) is 0 Å². The first kappa shape index (κ1) is 14.8. The summed E-state index contributed by atoms with van der Waals surface area (Å²) in [6.07, 6.45) is 4.90. The van der Waals surface area contributed by atoms with Crippen molar-refractivity contribution in [3.05, 3.63) is 59.4 Å². The van der Waals surface area contributed by atoms with E-state index in [1.165, 1.54) is 22.4 Å². The maximum atomic E-state index is 4.16. The largest absolute Gasteiger partial charge is 0.384 e. The van der Waals surface area contributed by atoms with E-state index >= 15 is 0 Å². The monoisotopic (exact) mass is 289 g/mol. The highest BCUT2D eigenvalue weighted by molar-refractivity contribution is 5.85. The molecule has 0 saturated heterocycles. The van der Waals surface area contributed by atoms with E-state index in [0.717, 1.165) is 26.1 Å². The first-order chi connectivity index (χ1) is 9.33. The molecule has 0 unspecified atom stereocenters. The number of nitrogens with zero attached hydrogens (tertiary/aromatic N) is 2. The standard InChI is InChI=1S/C16H19N3.ClH/c1-19(11-13-4-3-8-17-10-13)12-15-6-2-5-14-7-9-18-16(14)15;/h2-6,8,10,18H,7,9,11-12H2,1H3;1H. The molecule has 0 fully saturated rings. The fourth-order valence-electron chi connectivity index (χ4n) is 2.69. The number of rotatable bonds is 4. The van der Waals surface area contributed by atoms with Gasteiger partial charge in [-0.05, 0) is 36.2 Å². The third-order valence-corrected chi connectivity index (χ3v) is 3.55. The van der Waals surface area contributed by atoms with E-state index in [2.05, 4.69) is 46.5 Å². The van der Waals surface area contributed by atoms with Crippen LogP contribution in [0.5, 0.6) is 0 Å². The summed E-state index contributed by atoms with van der Waals surface area (Å²) >= 11 is 0. The summed E-state index contributed by atoms with van der Waals surface area (Å²) in [5.41, 5.74) is 5.44. The lowest BCUT2D eigenvalue weighted by Crippen LogP contribution is -2.18. The molecule has 0 aliphatic carbocycles. The van der Waals surface area contributed by atoms with Crippen LogP contribution >= 0.6 is 12.4 Å². The van der Waals surface area contributed by atoms with Crippen LogP contribution in [0.25, 0.3) is 0 Å². The Hall–Kier alpha value is -1.58. The van der Waals surface area contributed by atoms with Gasteiger partial charge in [0.15, 0.2) is 0 Å². The summed E-state index contributed by atoms with van der Waals surface area (Å²) in [6, 6.07) is 10.7. The second-order valence-corrected chi connectivity index (χ2v) is 5.16. The molecular formula is C16H20ClN3. The first-order valence-corrected chi connectivity index (χ1v) is 6.75. The Morgan fingerprint density at radius 2 is 2.10 bits per heavy atom. The van der Waals surface area contributed by atoms with Crippen LogP contribution in [0.1, 0.15) is 16.7 Å². The number of aromatic nitrogens is 1. The molecule has 0 atom stereocenters. The molecule has 20 heavy (non-hydrogen) atoms. The molecular weight excluding hydrogens is 270 g/mol. The Bertz CT molecular complexity index is 557. The maximum absolute atomic E-state index is 4.16. The topological polar surface area (TPSA) is 28.2 Å². The molecule has 0 amide bonds. The Kier molecular flexibility index (Phi) is 4.99. The quantitative estimate of drug-likeness (QED) is 0.937. The maximum Gasteiger partial charge on any atom is 0.0419 e. The number of anilines is 1. The lowest BCUT2D eigenvalue weighted by atomic mass is 10.1. The zero-order valence-electron chi connectivity index (χ0n) is 11.7. The minimum atomic E-state index is 0. The van der Waals surface area contributed by atoms with Crippen LogP contribution in [0.3, 0.4) is 0 Å². The number of para-hydroxylation sites is 1. The molecule has 4 heteroatoms. The van der Waals surface area contributed by atoms with Crippen molar-refractivity contribution in [3.63, 3.8) is 0 Å². The predicted octanol–water partition coefficient (Wildman–Crippen LogP) is 3.10. The lowest BCUT2D eigenvalue weighted by molar-refractivity contribution is 0.319. The number of nitrogens with one attached hydrogen (secondary N) is 1. The third-order valence-electron chi connectivity index (χ3n) is 3.55. The number of hydrogen-bond acceptors (Lipinski definition) is 3. The summed E-state index contributed by atoms with van der Waals surface area (Å²) in [4.78, 5) is 6.49. The van der Waals surface area contributed by atoms with Gasteiger partial charge in [0.1, 0.15) is 0 Å². The molecule has 0 saturated carbocycles. The highest BCUT2D eigenvalue weighted by Gasteiger charge is 2.14. The molecule has 1 aliphatic rings. The van der Waals surface area contributed by atoms with E-state index in [9.17, 15) is 0 Å². The second kappa shape index (κ2) is 6.73. The van der Waals surface area contributed by atoms with Crippen molar-refractivity contribution < 1.29 is 0 Å². The Balaban J connectivity index is 0.00000147. The van der Waals surface area contributed by atoms with Gasteiger partial charge in [0.2, 0.25) is 0 Å². The molecule has 2 aromatic rings. The molecule has 0 bridgehead atoms. The third kappa shape index (κ3) is 3.30. The molecule has 0 spiro atoms. The van der Waals surface area contributed by atoms with Crippen molar-refractivity contribution in [2.24, 2.45) is 0 Å². The average Bonchev–Trinajstić information content (AvgIpc) is 2.89. The van der Waals surface area contributed by atoms with Gasteiger partial charge in [-0.3, -0.25) is 9.88 Å². The molecule has 1 aromatic carbocycles. The van der Waals surface area contributed by atoms with Gasteiger partial charge >= 0.3 is 0 Å². The fraction of sp³-hybridized carbons (Fsp3) is 0.312. The number of halogens is 1. The van der Waals surface area contributed by atoms with Gasteiger partial charge in [-0.1, -0.05) is 24.3 Å². The minimum absolute atomic E-state index is 0. The number of benzene rings is 1. The highest BCUT2D eigenvalue weighted by atomic mass is 35.5. The van der Waals surface area contributed by atoms with Gasteiger partial charge in [-0.25, -0.2) is 0 Å². The summed E-state index contributed by atoms with van der Waals surface area (Å²) in [7, 11) is 2.15. The van der Waals surface area contributed by atoms with Gasteiger partial charge in [0.25, 0.3) is 0 Å².